The van der Waals surface area contributed by atoms with Gasteiger partial charge in [-0.3, -0.25) is 4.90 Å². The van der Waals surface area contributed by atoms with E-state index >= 15 is 13.2 Å². The second-order valence-electron chi connectivity index (χ2n) is 12.1. The lowest BCUT2D eigenvalue weighted by molar-refractivity contribution is -0.135. The van der Waals surface area contributed by atoms with Gasteiger partial charge in [-0.25, -0.2) is 8.78 Å². The molecule has 47 heavy (non-hydrogen) atoms. The van der Waals surface area contributed by atoms with E-state index in [0.717, 1.165) is 29.9 Å². The molecule has 0 aliphatic carbocycles. The Labute approximate surface area is 274 Å². The van der Waals surface area contributed by atoms with Crippen LogP contribution in [-0.2, 0) is 6.18 Å². The van der Waals surface area contributed by atoms with Crippen molar-refractivity contribution in [2.24, 2.45) is 0 Å². The number of nitrogens with one attached hydrogen (secondary N) is 1. The molecule has 2 aromatic heterocycles. The summed E-state index contributed by atoms with van der Waals surface area (Å²) in [6.45, 7) is 1.08. The first kappa shape index (κ1) is 32.0. The van der Waals surface area contributed by atoms with E-state index in [1.54, 1.807) is 0 Å². The maximum Gasteiger partial charge on any atom is 0.419 e. The lowest BCUT2D eigenvalue weighted by Crippen LogP contribution is -2.43. The first-order chi connectivity index (χ1) is 22.4. The van der Waals surface area contributed by atoms with E-state index in [0.29, 0.717) is 25.9 Å². The van der Waals surface area contributed by atoms with Crippen molar-refractivity contribution >= 4 is 48.9 Å². The molecule has 0 spiro atoms. The van der Waals surface area contributed by atoms with E-state index in [1.807, 2.05) is 11.0 Å². The summed E-state index contributed by atoms with van der Waals surface area (Å²) in [7, 11) is 0. The number of nitrogen functional groups attached to an aromatic ring is 1. The van der Waals surface area contributed by atoms with Crippen LogP contribution in [0, 0.1) is 17.1 Å². The van der Waals surface area contributed by atoms with Crippen molar-refractivity contribution in [2.75, 3.05) is 38.6 Å². The van der Waals surface area contributed by atoms with Crippen LogP contribution in [0.2, 0.25) is 5.02 Å². The molecular weight excluding hydrogens is 667 g/mol. The van der Waals surface area contributed by atoms with E-state index < -0.39 is 58.5 Å². The Morgan fingerprint density at radius 2 is 2.11 bits per heavy atom. The zero-order valence-electron chi connectivity index (χ0n) is 24.6. The highest BCUT2D eigenvalue weighted by atomic mass is 35.5. The summed E-state index contributed by atoms with van der Waals surface area (Å²) in [5.41, 5.74) is 2.60. The average Bonchev–Trinajstić information content (AvgIpc) is 3.78. The summed E-state index contributed by atoms with van der Waals surface area (Å²) in [4.78, 5) is 10.6. The van der Waals surface area contributed by atoms with Crippen LogP contribution in [0.1, 0.15) is 36.8 Å². The minimum absolute atomic E-state index is 0.0529. The van der Waals surface area contributed by atoms with E-state index in [2.05, 4.69) is 15.3 Å². The van der Waals surface area contributed by atoms with E-state index in [-0.39, 0.29) is 68.7 Å². The Morgan fingerprint density at radius 3 is 2.85 bits per heavy atom. The van der Waals surface area contributed by atoms with Crippen molar-refractivity contribution < 1.29 is 36.5 Å². The molecule has 3 aliphatic heterocycles. The summed E-state index contributed by atoms with van der Waals surface area (Å²) < 4.78 is 87.2. The summed E-state index contributed by atoms with van der Waals surface area (Å²) in [5, 5.41) is 22.0. The third kappa shape index (κ3) is 5.40. The highest BCUT2D eigenvalue weighted by Gasteiger charge is 2.49. The molecule has 2 aromatic carbocycles. The molecule has 0 radical (unpaired) electrons. The molecule has 3 fully saturated rings. The standard InChI is InChI=1S/C31H28ClF5N6O3S/c32-18-8-16-25(24(31(35,36)37)23(18)15-2-3-19(34)26-22(15)17(10-38)27(39)47-26)41-29(42-28(16)46-21-4-6-40-20(21)12-44)45-13-30-5-1-7-43(30)11-14(33)9-30/h2-3,8,14,20-21,40,44H,1,4-7,9,11-13,39H2/t14-,20-,21+,30+/m1/s1. The topological polar surface area (TPSA) is 130 Å². The first-order valence-electron chi connectivity index (χ1n) is 15.0. The highest BCUT2D eigenvalue weighted by Crippen LogP contribution is 2.50. The van der Waals surface area contributed by atoms with Crippen LogP contribution in [0.3, 0.4) is 0 Å². The number of nitriles is 1. The molecule has 0 amide bonds. The number of hydrogen-bond acceptors (Lipinski definition) is 10. The van der Waals surface area contributed by atoms with Crippen LogP contribution in [0.5, 0.6) is 11.9 Å². The molecule has 4 atom stereocenters. The number of rotatable bonds is 7. The first-order valence-corrected chi connectivity index (χ1v) is 16.2. The van der Waals surface area contributed by atoms with Gasteiger partial charge in [0.15, 0.2) is 0 Å². The largest absolute Gasteiger partial charge is 0.472 e. The Kier molecular flexibility index (Phi) is 8.07. The van der Waals surface area contributed by atoms with E-state index in [4.69, 9.17) is 26.8 Å². The van der Waals surface area contributed by atoms with Crippen molar-refractivity contribution in [3.05, 3.63) is 40.2 Å². The van der Waals surface area contributed by atoms with Gasteiger partial charge in [0.2, 0.25) is 5.88 Å². The van der Waals surface area contributed by atoms with Gasteiger partial charge in [0, 0.05) is 28.9 Å². The Hall–Kier alpha value is -3.55. The molecule has 0 unspecified atom stereocenters. The van der Waals surface area contributed by atoms with Gasteiger partial charge < -0.3 is 25.6 Å². The maximum absolute atomic E-state index is 15.3. The number of nitrogens with zero attached hydrogens (tertiary/aromatic N) is 4. The Balaban J connectivity index is 1.45. The molecule has 16 heteroatoms. The van der Waals surface area contributed by atoms with Gasteiger partial charge in [0.1, 0.15) is 35.8 Å². The molecule has 9 nitrogen and oxygen atoms in total. The number of ether oxygens (including phenoxy) is 2. The fraction of sp³-hybridized carbons (Fsp3) is 0.452. The number of benzene rings is 2. The molecule has 3 aliphatic rings. The van der Waals surface area contributed by atoms with Gasteiger partial charge in [-0.2, -0.15) is 28.4 Å². The lowest BCUT2D eigenvalue weighted by Gasteiger charge is -2.31. The Bertz CT molecular complexity index is 1940. The molecule has 0 saturated carbocycles. The number of thiophene rings is 1. The predicted molar refractivity (Wildman–Crippen MR) is 166 cm³/mol. The van der Waals surface area contributed by atoms with Crippen molar-refractivity contribution in [2.45, 2.75) is 55.7 Å². The molecule has 4 aromatic rings. The van der Waals surface area contributed by atoms with Crippen molar-refractivity contribution in [3.8, 4) is 29.1 Å². The lowest BCUT2D eigenvalue weighted by atomic mass is 9.92. The monoisotopic (exact) mass is 694 g/mol. The summed E-state index contributed by atoms with van der Waals surface area (Å²) in [6.07, 6.45) is -4.65. The summed E-state index contributed by atoms with van der Waals surface area (Å²) >= 11 is 7.40. The zero-order chi connectivity index (χ0) is 33.2. The number of nitrogens with two attached hydrogens (primary N) is 1. The van der Waals surface area contributed by atoms with Gasteiger partial charge in [-0.1, -0.05) is 17.7 Å². The number of alkyl halides is 4. The number of fused-ring (bicyclic) bond motifs is 3. The third-order valence-corrected chi connectivity index (χ3v) is 10.7. The number of hydrogen-bond donors (Lipinski definition) is 3. The summed E-state index contributed by atoms with van der Waals surface area (Å²) in [5.74, 6) is -0.999. The molecule has 5 heterocycles. The molecule has 248 valence electrons. The smallest absolute Gasteiger partial charge is 0.419 e. The fourth-order valence-electron chi connectivity index (χ4n) is 7.25. The number of aliphatic hydroxyl groups is 1. The molecule has 7 rings (SSSR count). The van der Waals surface area contributed by atoms with Crippen molar-refractivity contribution in [3.63, 3.8) is 0 Å². The van der Waals surface area contributed by atoms with Crippen LogP contribution in [0.15, 0.2) is 18.2 Å². The van der Waals surface area contributed by atoms with Crippen LogP contribution in [-0.4, -0.2) is 76.7 Å². The second-order valence-corrected chi connectivity index (χ2v) is 13.6. The predicted octanol–water partition coefficient (Wildman–Crippen LogP) is 5.83. The number of anilines is 1. The van der Waals surface area contributed by atoms with Gasteiger partial charge >= 0.3 is 12.2 Å². The number of aromatic nitrogens is 2. The molecular formula is C31H28ClF5N6O3S. The SMILES string of the molecule is N#Cc1c(N)sc2c(F)ccc(-c3c(Cl)cc4c(O[C@H]5CCN[C@@H]5CO)nc(OC[C@@]56CCCN5C[C@H](F)C6)nc4c3C(F)(F)F)c12. The zero-order valence-corrected chi connectivity index (χ0v) is 26.2. The number of halogens is 6. The van der Waals surface area contributed by atoms with Gasteiger partial charge in [-0.05, 0) is 50.0 Å². The van der Waals surface area contributed by atoms with Crippen LogP contribution >= 0.6 is 22.9 Å². The minimum Gasteiger partial charge on any atom is -0.472 e. The quantitative estimate of drug-likeness (QED) is 0.205. The fourth-order valence-corrected chi connectivity index (χ4v) is 8.50. The van der Waals surface area contributed by atoms with Crippen LogP contribution in [0.4, 0.5) is 27.0 Å². The van der Waals surface area contributed by atoms with Crippen molar-refractivity contribution in [1.82, 2.24) is 20.2 Å². The third-order valence-electron chi connectivity index (χ3n) is 9.34. The van der Waals surface area contributed by atoms with E-state index in [1.165, 1.54) is 6.07 Å². The Morgan fingerprint density at radius 1 is 1.30 bits per heavy atom. The number of aliphatic hydroxyl groups excluding tert-OH is 1. The average molecular weight is 695 g/mol. The minimum atomic E-state index is -5.08. The summed E-state index contributed by atoms with van der Waals surface area (Å²) in [6, 6.07) is 4.30. The van der Waals surface area contributed by atoms with Gasteiger partial charge in [-0.15, -0.1) is 11.3 Å². The molecule has 3 saturated heterocycles. The van der Waals surface area contributed by atoms with Crippen molar-refractivity contribution in [1.29, 1.82) is 5.26 Å². The van der Waals surface area contributed by atoms with Crippen LogP contribution in [0.25, 0.3) is 32.1 Å². The van der Waals surface area contributed by atoms with Gasteiger partial charge in [0.25, 0.3) is 0 Å². The van der Waals surface area contributed by atoms with Gasteiger partial charge in [0.05, 0.1) is 44.9 Å². The second kappa shape index (κ2) is 11.9. The highest BCUT2D eigenvalue weighted by molar-refractivity contribution is 7.23. The molecule has 0 bridgehead atoms. The van der Waals surface area contributed by atoms with E-state index in [9.17, 15) is 19.1 Å². The molecule has 4 N–H and O–H groups in total. The maximum atomic E-state index is 15.3. The van der Waals surface area contributed by atoms with Crippen LogP contribution < -0.4 is 20.5 Å². The normalized spacial score (nSPS) is 24.7.